The average Bonchev–Trinajstić information content (AvgIpc) is 2.64. The fraction of sp³-hybridized carbons (Fsp3) is 0.200. The first-order valence-electron chi connectivity index (χ1n) is 6.87. The van der Waals surface area contributed by atoms with Crippen molar-refractivity contribution in [3.63, 3.8) is 0 Å². The van der Waals surface area contributed by atoms with Crippen molar-refractivity contribution in [2.75, 3.05) is 3.71 Å². The van der Waals surface area contributed by atoms with Gasteiger partial charge >= 0.3 is 0 Å². The Morgan fingerprint density at radius 3 is 1.77 bits per heavy atom. The molecule has 22 heavy (non-hydrogen) atoms. The first-order chi connectivity index (χ1) is 10.4. The monoisotopic (exact) mass is 337 g/mol. The summed E-state index contributed by atoms with van der Waals surface area (Å²) in [4.78, 5) is -0.347. The minimum atomic E-state index is -4.09. The summed E-state index contributed by atoms with van der Waals surface area (Å²) in [5.41, 5.74) is 1.17. The van der Waals surface area contributed by atoms with Crippen molar-refractivity contribution in [3.8, 4) is 0 Å². The summed E-state index contributed by atoms with van der Waals surface area (Å²) in [6, 6.07) is 12.2. The van der Waals surface area contributed by atoms with E-state index >= 15 is 0 Å². The van der Waals surface area contributed by atoms with Gasteiger partial charge in [0.05, 0.1) is 5.69 Å². The van der Waals surface area contributed by atoms with Crippen LogP contribution >= 0.6 is 0 Å². The van der Waals surface area contributed by atoms with Gasteiger partial charge in [0.25, 0.3) is 20.0 Å². The molecule has 0 spiro atoms. The topological polar surface area (TPSA) is 71.5 Å². The molecular formula is C15H15NO4S2. The highest BCUT2D eigenvalue weighted by molar-refractivity contribution is 8.12. The van der Waals surface area contributed by atoms with E-state index in [1.165, 1.54) is 36.4 Å². The molecule has 1 heterocycles. The minimum absolute atomic E-state index is 0.135. The van der Waals surface area contributed by atoms with Gasteiger partial charge in [0.15, 0.2) is 0 Å². The molecule has 7 heteroatoms. The first kappa shape index (κ1) is 15.1. The fourth-order valence-electron chi connectivity index (χ4n) is 2.53. The van der Waals surface area contributed by atoms with Gasteiger partial charge in [-0.25, -0.2) is 0 Å². The second-order valence-corrected chi connectivity index (χ2v) is 8.81. The molecule has 5 nitrogen and oxygen atoms in total. The lowest BCUT2D eigenvalue weighted by Crippen LogP contribution is -2.29. The van der Waals surface area contributed by atoms with Crippen LogP contribution in [-0.2, 0) is 26.5 Å². The summed E-state index contributed by atoms with van der Waals surface area (Å²) in [5.74, 6) is 0. The Morgan fingerprint density at radius 1 is 0.818 bits per heavy atom. The summed E-state index contributed by atoms with van der Waals surface area (Å²) in [6.07, 6.45) is 1.82. The molecule has 0 atom stereocenters. The van der Waals surface area contributed by atoms with Crippen LogP contribution in [-0.4, -0.2) is 16.8 Å². The van der Waals surface area contributed by atoms with Crippen molar-refractivity contribution in [2.24, 2.45) is 0 Å². The van der Waals surface area contributed by atoms with Crippen molar-refractivity contribution in [3.05, 3.63) is 54.1 Å². The molecule has 0 amide bonds. The van der Waals surface area contributed by atoms with Crippen molar-refractivity contribution in [1.29, 1.82) is 0 Å². The summed E-state index contributed by atoms with van der Waals surface area (Å²) in [7, 11) is -8.17. The lowest BCUT2D eigenvalue weighted by atomic mass is 10.1. The third kappa shape index (κ3) is 2.12. The molecule has 0 saturated heterocycles. The number of aryl methyl sites for hydroxylation is 1. The lowest BCUT2D eigenvalue weighted by Gasteiger charge is -2.16. The van der Waals surface area contributed by atoms with E-state index in [0.717, 1.165) is 18.4 Å². The molecule has 0 aliphatic carbocycles. The van der Waals surface area contributed by atoms with Gasteiger partial charge in [-0.1, -0.05) is 37.6 Å². The molecule has 116 valence electrons. The Morgan fingerprint density at radius 2 is 1.32 bits per heavy atom. The molecule has 0 fully saturated rings. The SMILES string of the molecule is CCCc1ccc(N2S(=O)(=O)c3ccccc3S2(=O)=O)cc1. The highest BCUT2D eigenvalue weighted by atomic mass is 32.3. The molecule has 0 radical (unpaired) electrons. The van der Waals surface area contributed by atoms with Gasteiger partial charge in [0, 0.05) is 0 Å². The number of anilines is 1. The molecule has 1 aliphatic rings. The van der Waals surface area contributed by atoms with Crippen molar-refractivity contribution in [1.82, 2.24) is 0 Å². The highest BCUT2D eigenvalue weighted by Gasteiger charge is 2.47. The van der Waals surface area contributed by atoms with Crippen molar-refractivity contribution >= 4 is 25.7 Å². The summed E-state index contributed by atoms with van der Waals surface area (Å²) < 4.78 is 50.7. The van der Waals surface area contributed by atoms with E-state index in [-0.39, 0.29) is 15.5 Å². The largest absolute Gasteiger partial charge is 0.279 e. The Hall–Kier alpha value is -1.86. The zero-order valence-corrected chi connectivity index (χ0v) is 13.6. The van der Waals surface area contributed by atoms with E-state index in [2.05, 4.69) is 0 Å². The van der Waals surface area contributed by atoms with Gasteiger partial charge in [0.2, 0.25) is 0 Å². The Labute approximate surface area is 130 Å². The van der Waals surface area contributed by atoms with Gasteiger partial charge < -0.3 is 0 Å². The standard InChI is InChI=1S/C15H15NO4S2/c1-2-5-12-8-10-13(11-9-12)16-21(17,18)14-6-3-4-7-15(14)22(16,19)20/h3-4,6-11H,2,5H2,1H3. The van der Waals surface area contributed by atoms with Gasteiger partial charge in [-0.3, -0.25) is 0 Å². The maximum absolute atomic E-state index is 12.6. The van der Waals surface area contributed by atoms with Crippen LogP contribution < -0.4 is 3.71 Å². The smallest absolute Gasteiger partial charge is 0.200 e. The molecule has 1 aliphatic heterocycles. The summed E-state index contributed by atoms with van der Waals surface area (Å²) >= 11 is 0. The van der Waals surface area contributed by atoms with Crippen molar-refractivity contribution < 1.29 is 16.8 Å². The molecule has 2 aromatic carbocycles. The zero-order valence-electron chi connectivity index (χ0n) is 11.9. The van der Waals surface area contributed by atoms with E-state index in [9.17, 15) is 16.8 Å². The van der Waals surface area contributed by atoms with Crippen molar-refractivity contribution in [2.45, 2.75) is 29.6 Å². The maximum atomic E-state index is 12.6. The Kier molecular flexibility index (Phi) is 3.49. The van der Waals surface area contributed by atoms with Crippen LogP contribution in [0.2, 0.25) is 0 Å². The number of nitrogens with zero attached hydrogens (tertiary/aromatic N) is 1. The molecule has 0 N–H and O–H groups in total. The molecule has 0 bridgehead atoms. The first-order valence-corrected chi connectivity index (χ1v) is 9.75. The molecule has 0 saturated carbocycles. The van der Waals surface area contributed by atoms with Crippen LogP contribution in [0.25, 0.3) is 0 Å². The molecule has 3 rings (SSSR count). The number of hydrogen-bond acceptors (Lipinski definition) is 4. The van der Waals surface area contributed by atoms with Gasteiger partial charge in [-0.05, 0) is 36.2 Å². The van der Waals surface area contributed by atoms with E-state index in [0.29, 0.717) is 3.71 Å². The summed E-state index contributed by atoms with van der Waals surface area (Å²) in [6.45, 7) is 2.04. The normalized spacial score (nSPS) is 18.1. The van der Waals surface area contributed by atoms with Gasteiger partial charge in [0.1, 0.15) is 9.79 Å². The van der Waals surface area contributed by atoms with Crippen LogP contribution in [0.4, 0.5) is 5.69 Å². The quantitative estimate of drug-likeness (QED) is 0.863. The van der Waals surface area contributed by atoms with E-state index in [1.54, 1.807) is 12.1 Å². The number of benzene rings is 2. The molecule has 0 aromatic heterocycles. The number of fused-ring (bicyclic) bond motifs is 1. The second-order valence-electron chi connectivity index (χ2n) is 5.07. The van der Waals surface area contributed by atoms with Gasteiger partial charge in [-0.2, -0.15) is 20.5 Å². The third-order valence-electron chi connectivity index (χ3n) is 3.53. The minimum Gasteiger partial charge on any atom is -0.200 e. The molecule has 2 aromatic rings. The number of sulfonamides is 2. The number of hydrogen-bond donors (Lipinski definition) is 0. The lowest BCUT2D eigenvalue weighted by molar-refractivity contribution is 0.593. The third-order valence-corrected chi connectivity index (χ3v) is 7.95. The second kappa shape index (κ2) is 5.10. The Bertz CT molecular complexity index is 863. The van der Waals surface area contributed by atoms with E-state index in [1.807, 2.05) is 6.92 Å². The zero-order chi connectivity index (χ0) is 16.0. The summed E-state index contributed by atoms with van der Waals surface area (Å²) in [5, 5.41) is 0. The van der Waals surface area contributed by atoms with E-state index < -0.39 is 20.0 Å². The van der Waals surface area contributed by atoms with Crippen LogP contribution in [0.15, 0.2) is 58.3 Å². The predicted octanol–water partition coefficient (Wildman–Crippen LogP) is 2.54. The fourth-order valence-corrected chi connectivity index (χ4v) is 6.98. The molecule has 0 unspecified atom stereocenters. The van der Waals surface area contributed by atoms with Crippen LogP contribution in [0.5, 0.6) is 0 Å². The van der Waals surface area contributed by atoms with Gasteiger partial charge in [-0.15, -0.1) is 0 Å². The van der Waals surface area contributed by atoms with Crippen LogP contribution in [0.3, 0.4) is 0 Å². The number of rotatable bonds is 3. The van der Waals surface area contributed by atoms with E-state index in [4.69, 9.17) is 0 Å². The Balaban J connectivity index is 2.16. The highest BCUT2D eigenvalue weighted by Crippen LogP contribution is 2.39. The van der Waals surface area contributed by atoms with Crippen LogP contribution in [0, 0.1) is 0 Å². The predicted molar refractivity (Wildman–Crippen MR) is 83.7 cm³/mol. The van der Waals surface area contributed by atoms with Crippen LogP contribution in [0.1, 0.15) is 18.9 Å². The molecular weight excluding hydrogens is 322 g/mol. The average molecular weight is 337 g/mol. The maximum Gasteiger partial charge on any atom is 0.279 e.